The van der Waals surface area contributed by atoms with Crippen molar-refractivity contribution >= 4 is 29.4 Å². The van der Waals surface area contributed by atoms with Crippen molar-refractivity contribution in [1.29, 1.82) is 0 Å². The predicted molar refractivity (Wildman–Crippen MR) is 95.7 cm³/mol. The zero-order valence-corrected chi connectivity index (χ0v) is 14.0. The lowest BCUT2D eigenvalue weighted by Crippen LogP contribution is -2.30. The zero-order chi connectivity index (χ0) is 19.4. The van der Waals surface area contributed by atoms with Crippen LogP contribution in [0.5, 0.6) is 0 Å². The molecule has 3 rings (SSSR count). The number of hydrazone groups is 1. The largest absolute Gasteiger partial charge is 0.312 e. The Balaban J connectivity index is 1.60. The van der Waals surface area contributed by atoms with Gasteiger partial charge in [0.2, 0.25) is 11.8 Å². The van der Waals surface area contributed by atoms with E-state index in [-0.39, 0.29) is 24.6 Å². The molecule has 2 amide bonds. The Hall–Kier alpha value is -3.62. The number of amides is 2. The molecule has 0 saturated carbocycles. The van der Waals surface area contributed by atoms with Crippen molar-refractivity contribution in [2.45, 2.75) is 6.42 Å². The maximum Gasteiger partial charge on any atom is 0.270 e. The smallest absolute Gasteiger partial charge is 0.270 e. The van der Waals surface area contributed by atoms with Crippen molar-refractivity contribution in [3.8, 4) is 0 Å². The third-order valence-electron chi connectivity index (χ3n) is 4.10. The third kappa shape index (κ3) is 4.32. The Bertz CT molecular complexity index is 914. The number of nitro groups is 1. The number of carbonyl (C=O) groups is 2. The Labute approximate surface area is 153 Å². The predicted octanol–water partition coefficient (Wildman–Crippen LogP) is 2.24. The van der Waals surface area contributed by atoms with E-state index < -0.39 is 22.6 Å². The highest BCUT2D eigenvalue weighted by Gasteiger charge is 2.35. The first-order valence-corrected chi connectivity index (χ1v) is 8.07. The molecule has 0 spiro atoms. The fourth-order valence-corrected chi connectivity index (χ4v) is 2.73. The Morgan fingerprint density at radius 2 is 2.04 bits per heavy atom. The van der Waals surface area contributed by atoms with Gasteiger partial charge in [0.1, 0.15) is 5.82 Å². The summed E-state index contributed by atoms with van der Waals surface area (Å²) < 4.78 is 13.0. The van der Waals surface area contributed by atoms with Crippen molar-refractivity contribution < 1.29 is 18.9 Å². The molecule has 1 heterocycles. The Kier molecular flexibility index (Phi) is 5.20. The van der Waals surface area contributed by atoms with Gasteiger partial charge in [-0.2, -0.15) is 5.10 Å². The summed E-state index contributed by atoms with van der Waals surface area (Å²) in [5.74, 6) is -1.67. The van der Waals surface area contributed by atoms with Crippen LogP contribution in [-0.2, 0) is 9.59 Å². The number of benzene rings is 2. The van der Waals surface area contributed by atoms with Crippen molar-refractivity contribution in [1.82, 2.24) is 5.43 Å². The Morgan fingerprint density at radius 1 is 1.30 bits per heavy atom. The average molecular weight is 370 g/mol. The maximum absolute atomic E-state index is 13.0. The van der Waals surface area contributed by atoms with E-state index >= 15 is 0 Å². The third-order valence-corrected chi connectivity index (χ3v) is 4.10. The summed E-state index contributed by atoms with van der Waals surface area (Å²) in [6.07, 6.45) is 1.31. The van der Waals surface area contributed by atoms with Crippen LogP contribution in [-0.4, -0.2) is 29.5 Å². The SMILES string of the molecule is O=C(N/N=C\c1cccc([N+](=O)[O-])c1)[C@H]1CC(=O)N(c2ccc(F)cc2)C1. The molecule has 0 radical (unpaired) electrons. The van der Waals surface area contributed by atoms with Crippen LogP contribution in [0.1, 0.15) is 12.0 Å². The fourth-order valence-electron chi connectivity index (χ4n) is 2.73. The minimum Gasteiger partial charge on any atom is -0.312 e. The molecule has 1 saturated heterocycles. The lowest BCUT2D eigenvalue weighted by molar-refractivity contribution is -0.384. The van der Waals surface area contributed by atoms with Gasteiger partial charge in [-0.25, -0.2) is 9.82 Å². The molecular formula is C18H15FN4O4. The van der Waals surface area contributed by atoms with Gasteiger partial charge in [0.15, 0.2) is 0 Å². The molecule has 9 heteroatoms. The van der Waals surface area contributed by atoms with Gasteiger partial charge in [-0.1, -0.05) is 12.1 Å². The van der Waals surface area contributed by atoms with Gasteiger partial charge in [0, 0.05) is 36.3 Å². The quantitative estimate of drug-likeness (QED) is 0.495. The normalized spacial score (nSPS) is 16.7. The average Bonchev–Trinajstić information content (AvgIpc) is 3.04. The number of anilines is 1. The minimum absolute atomic E-state index is 0.0234. The van der Waals surface area contributed by atoms with Crippen LogP contribution in [0, 0.1) is 21.8 Å². The second-order valence-corrected chi connectivity index (χ2v) is 5.97. The van der Waals surface area contributed by atoms with Crippen molar-refractivity contribution in [3.63, 3.8) is 0 Å². The molecule has 1 aliphatic rings. The van der Waals surface area contributed by atoms with Crippen LogP contribution >= 0.6 is 0 Å². The van der Waals surface area contributed by atoms with E-state index in [2.05, 4.69) is 10.5 Å². The number of rotatable bonds is 5. The lowest BCUT2D eigenvalue weighted by Gasteiger charge is -2.16. The number of nitro benzene ring substituents is 1. The summed E-state index contributed by atoms with van der Waals surface area (Å²) in [7, 11) is 0. The van der Waals surface area contributed by atoms with Gasteiger partial charge in [0.25, 0.3) is 5.69 Å². The molecular weight excluding hydrogens is 355 g/mol. The summed E-state index contributed by atoms with van der Waals surface area (Å²) >= 11 is 0. The van der Waals surface area contributed by atoms with E-state index in [1.165, 1.54) is 53.6 Å². The van der Waals surface area contributed by atoms with Gasteiger partial charge in [-0.05, 0) is 24.3 Å². The van der Waals surface area contributed by atoms with Gasteiger partial charge in [-0.15, -0.1) is 0 Å². The van der Waals surface area contributed by atoms with Gasteiger partial charge >= 0.3 is 0 Å². The van der Waals surface area contributed by atoms with Crippen LogP contribution in [0.3, 0.4) is 0 Å². The van der Waals surface area contributed by atoms with E-state index in [1.54, 1.807) is 6.07 Å². The summed E-state index contributed by atoms with van der Waals surface area (Å²) in [5.41, 5.74) is 3.25. The van der Waals surface area contributed by atoms with Crippen LogP contribution in [0.4, 0.5) is 15.8 Å². The number of nitrogens with zero attached hydrogens (tertiary/aromatic N) is 3. The monoisotopic (exact) mass is 370 g/mol. The summed E-state index contributed by atoms with van der Waals surface area (Å²) in [5, 5.41) is 14.5. The van der Waals surface area contributed by atoms with Crippen LogP contribution in [0.25, 0.3) is 0 Å². The van der Waals surface area contributed by atoms with Crippen LogP contribution in [0.15, 0.2) is 53.6 Å². The molecule has 2 aromatic rings. The molecule has 8 nitrogen and oxygen atoms in total. The molecule has 27 heavy (non-hydrogen) atoms. The molecule has 0 unspecified atom stereocenters. The van der Waals surface area contributed by atoms with E-state index in [1.807, 2.05) is 0 Å². The van der Waals surface area contributed by atoms with Crippen LogP contribution in [0.2, 0.25) is 0 Å². The van der Waals surface area contributed by atoms with E-state index in [0.29, 0.717) is 11.3 Å². The lowest BCUT2D eigenvalue weighted by atomic mass is 10.1. The van der Waals surface area contributed by atoms with Crippen molar-refractivity contribution in [3.05, 3.63) is 70.0 Å². The first-order valence-electron chi connectivity index (χ1n) is 8.07. The van der Waals surface area contributed by atoms with Crippen molar-refractivity contribution in [2.75, 3.05) is 11.4 Å². The first kappa shape index (κ1) is 18.2. The molecule has 1 fully saturated rings. The molecule has 138 valence electrons. The Morgan fingerprint density at radius 3 is 2.74 bits per heavy atom. The van der Waals surface area contributed by atoms with E-state index in [0.717, 1.165) is 0 Å². The molecule has 0 bridgehead atoms. The van der Waals surface area contributed by atoms with Gasteiger partial charge in [-0.3, -0.25) is 19.7 Å². The van der Waals surface area contributed by atoms with Crippen LogP contribution < -0.4 is 10.3 Å². The number of carbonyl (C=O) groups excluding carboxylic acids is 2. The topological polar surface area (TPSA) is 105 Å². The molecule has 1 N–H and O–H groups in total. The highest BCUT2D eigenvalue weighted by atomic mass is 19.1. The summed E-state index contributed by atoms with van der Waals surface area (Å²) in [6.45, 7) is 0.169. The second kappa shape index (κ2) is 7.73. The van der Waals surface area contributed by atoms with Gasteiger partial charge in [0.05, 0.1) is 17.1 Å². The molecule has 0 aromatic heterocycles. The fraction of sp³-hybridized carbons (Fsp3) is 0.167. The highest BCUT2D eigenvalue weighted by molar-refractivity contribution is 6.00. The second-order valence-electron chi connectivity index (χ2n) is 5.97. The van der Waals surface area contributed by atoms with E-state index in [4.69, 9.17) is 0 Å². The van der Waals surface area contributed by atoms with Gasteiger partial charge < -0.3 is 4.90 Å². The highest BCUT2D eigenvalue weighted by Crippen LogP contribution is 2.25. The first-order chi connectivity index (χ1) is 12.9. The molecule has 1 aliphatic heterocycles. The molecule has 2 aromatic carbocycles. The van der Waals surface area contributed by atoms with Crippen molar-refractivity contribution in [2.24, 2.45) is 11.0 Å². The number of nitrogens with one attached hydrogen (secondary N) is 1. The maximum atomic E-state index is 13.0. The van der Waals surface area contributed by atoms with E-state index in [9.17, 15) is 24.1 Å². The number of halogens is 1. The zero-order valence-electron chi connectivity index (χ0n) is 14.0. The number of hydrogen-bond acceptors (Lipinski definition) is 5. The molecule has 0 aliphatic carbocycles. The summed E-state index contributed by atoms with van der Waals surface area (Å²) in [4.78, 5) is 36.0. The minimum atomic E-state index is -0.593. The summed E-state index contributed by atoms with van der Waals surface area (Å²) in [6, 6.07) is 11.3. The molecule has 1 atom stereocenters. The number of hydrogen-bond donors (Lipinski definition) is 1. The standard InChI is InChI=1S/C18H15FN4O4/c19-14-4-6-15(7-5-14)22-11-13(9-17(22)24)18(25)21-20-10-12-2-1-3-16(8-12)23(26)27/h1-8,10,13H,9,11H2,(H,21,25)/b20-10-/t13-/m0/s1. The number of non-ortho nitro benzene ring substituents is 1.